The highest BCUT2D eigenvalue weighted by Crippen LogP contribution is 2.33. The van der Waals surface area contributed by atoms with Gasteiger partial charge in [0, 0.05) is 30.9 Å². The first-order chi connectivity index (χ1) is 14.6. The lowest BCUT2D eigenvalue weighted by Gasteiger charge is -2.28. The molecule has 8 heteroatoms. The molecule has 0 fully saturated rings. The standard InChI is InChI=1S/C22H26N2O6/c1-2-28-20(11-12-25)21(18-5-3-4-6-19(18)29-14-13-26)30-22(27)24-17-9-7-16(15-23)8-10-17/h3-10,20-21,25-26H,2,11-14H2,1H3,(H,24,27)/t20-,21-/m1/s1. The fourth-order valence-corrected chi connectivity index (χ4v) is 2.90. The molecule has 2 aromatic carbocycles. The molecule has 8 nitrogen and oxygen atoms in total. The van der Waals surface area contributed by atoms with Crippen LogP contribution in [0.3, 0.4) is 0 Å². The van der Waals surface area contributed by atoms with Gasteiger partial charge in [0.15, 0.2) is 6.10 Å². The van der Waals surface area contributed by atoms with Crippen molar-refractivity contribution in [1.82, 2.24) is 0 Å². The number of amides is 1. The summed E-state index contributed by atoms with van der Waals surface area (Å²) in [5.74, 6) is 0.449. The Morgan fingerprint density at radius 3 is 2.50 bits per heavy atom. The molecule has 2 aromatic rings. The van der Waals surface area contributed by atoms with Gasteiger partial charge in [0.05, 0.1) is 18.2 Å². The van der Waals surface area contributed by atoms with Crippen molar-refractivity contribution in [1.29, 1.82) is 5.26 Å². The number of aliphatic hydroxyl groups is 2. The van der Waals surface area contributed by atoms with Crippen molar-refractivity contribution >= 4 is 11.8 Å². The van der Waals surface area contributed by atoms with Crippen molar-refractivity contribution in [2.24, 2.45) is 0 Å². The summed E-state index contributed by atoms with van der Waals surface area (Å²) < 4.78 is 17.0. The zero-order valence-corrected chi connectivity index (χ0v) is 16.8. The Bertz CT molecular complexity index is 828. The van der Waals surface area contributed by atoms with Gasteiger partial charge in [-0.05, 0) is 37.3 Å². The molecule has 2 rings (SSSR count). The SMILES string of the molecule is CCO[C@H](CCO)[C@H](OC(=O)Nc1ccc(C#N)cc1)c1ccccc1OCCO. The van der Waals surface area contributed by atoms with E-state index in [4.69, 9.17) is 24.6 Å². The summed E-state index contributed by atoms with van der Waals surface area (Å²) in [4.78, 5) is 12.6. The number of benzene rings is 2. The van der Waals surface area contributed by atoms with Gasteiger partial charge in [0.1, 0.15) is 18.5 Å². The normalized spacial score (nSPS) is 12.5. The molecule has 0 aliphatic carbocycles. The molecule has 0 saturated heterocycles. The number of hydrogen-bond acceptors (Lipinski definition) is 7. The summed E-state index contributed by atoms with van der Waals surface area (Å²) >= 11 is 0. The number of rotatable bonds is 11. The molecule has 0 aromatic heterocycles. The molecule has 1 amide bonds. The van der Waals surface area contributed by atoms with Crippen LogP contribution in [0.4, 0.5) is 10.5 Å². The number of nitrogens with zero attached hydrogens (tertiary/aromatic N) is 1. The van der Waals surface area contributed by atoms with Crippen molar-refractivity contribution in [2.45, 2.75) is 25.6 Å². The first-order valence-electron chi connectivity index (χ1n) is 9.65. The van der Waals surface area contributed by atoms with Crippen LogP contribution >= 0.6 is 0 Å². The van der Waals surface area contributed by atoms with E-state index in [0.29, 0.717) is 29.2 Å². The van der Waals surface area contributed by atoms with Crippen molar-refractivity contribution in [3.05, 3.63) is 59.7 Å². The van der Waals surface area contributed by atoms with E-state index in [1.54, 1.807) is 48.5 Å². The minimum atomic E-state index is -0.856. The van der Waals surface area contributed by atoms with Gasteiger partial charge in [-0.25, -0.2) is 4.79 Å². The van der Waals surface area contributed by atoms with E-state index in [2.05, 4.69) is 5.32 Å². The molecule has 0 radical (unpaired) electrons. The van der Waals surface area contributed by atoms with E-state index in [9.17, 15) is 9.90 Å². The second-order valence-corrected chi connectivity index (χ2v) is 6.26. The second kappa shape index (κ2) is 12.4. The van der Waals surface area contributed by atoms with Crippen LogP contribution in [0.25, 0.3) is 0 Å². The first-order valence-corrected chi connectivity index (χ1v) is 9.65. The molecule has 2 atom stereocenters. The van der Waals surface area contributed by atoms with Crippen LogP contribution in [-0.2, 0) is 9.47 Å². The Morgan fingerprint density at radius 2 is 1.87 bits per heavy atom. The average molecular weight is 414 g/mol. The predicted molar refractivity (Wildman–Crippen MR) is 110 cm³/mol. The molecular formula is C22H26N2O6. The molecule has 0 saturated carbocycles. The van der Waals surface area contributed by atoms with Gasteiger partial charge in [-0.15, -0.1) is 0 Å². The Kier molecular flexibility index (Phi) is 9.61. The van der Waals surface area contributed by atoms with Gasteiger partial charge in [0.25, 0.3) is 0 Å². The van der Waals surface area contributed by atoms with Crippen LogP contribution in [0.1, 0.15) is 30.6 Å². The van der Waals surface area contributed by atoms with Gasteiger partial charge in [-0.3, -0.25) is 5.32 Å². The first kappa shape index (κ1) is 23.2. The minimum absolute atomic E-state index is 0.0838. The van der Waals surface area contributed by atoms with Gasteiger partial charge in [-0.1, -0.05) is 18.2 Å². The molecule has 0 spiro atoms. The Labute approximate surface area is 175 Å². The maximum absolute atomic E-state index is 12.6. The summed E-state index contributed by atoms with van der Waals surface area (Å²) in [5.41, 5.74) is 1.51. The third-order valence-electron chi connectivity index (χ3n) is 4.20. The number of carbonyl (C=O) groups excluding carboxylic acids is 1. The Balaban J connectivity index is 2.27. The molecule has 0 aliphatic heterocycles. The van der Waals surface area contributed by atoms with E-state index in [0.717, 1.165) is 0 Å². The molecule has 0 heterocycles. The fraction of sp³-hybridized carbons (Fsp3) is 0.364. The quantitative estimate of drug-likeness (QED) is 0.517. The van der Waals surface area contributed by atoms with Crippen LogP contribution < -0.4 is 10.1 Å². The van der Waals surface area contributed by atoms with Crippen LogP contribution in [-0.4, -0.2) is 48.8 Å². The van der Waals surface area contributed by atoms with E-state index >= 15 is 0 Å². The molecule has 0 unspecified atom stereocenters. The lowest BCUT2D eigenvalue weighted by molar-refractivity contribution is -0.0493. The van der Waals surface area contributed by atoms with Crippen molar-refractivity contribution in [2.75, 3.05) is 31.7 Å². The van der Waals surface area contributed by atoms with Crippen molar-refractivity contribution in [3.8, 4) is 11.8 Å². The number of nitriles is 1. The molecule has 0 aliphatic rings. The molecule has 30 heavy (non-hydrogen) atoms. The Morgan fingerprint density at radius 1 is 1.13 bits per heavy atom. The van der Waals surface area contributed by atoms with Gasteiger partial charge < -0.3 is 24.4 Å². The summed E-state index contributed by atoms with van der Waals surface area (Å²) in [5, 5.41) is 30.1. The molecular weight excluding hydrogens is 388 g/mol. The Hall–Kier alpha value is -3.12. The lowest BCUT2D eigenvalue weighted by Crippen LogP contribution is -2.30. The van der Waals surface area contributed by atoms with Crippen molar-refractivity contribution in [3.63, 3.8) is 0 Å². The van der Waals surface area contributed by atoms with Crippen molar-refractivity contribution < 1.29 is 29.2 Å². The van der Waals surface area contributed by atoms with Gasteiger partial charge >= 0.3 is 6.09 Å². The van der Waals surface area contributed by atoms with E-state index in [1.165, 1.54) is 0 Å². The maximum Gasteiger partial charge on any atom is 0.412 e. The average Bonchev–Trinajstić information content (AvgIpc) is 2.77. The third-order valence-corrected chi connectivity index (χ3v) is 4.20. The number of aliphatic hydroxyl groups excluding tert-OH is 2. The maximum atomic E-state index is 12.6. The summed E-state index contributed by atoms with van der Waals surface area (Å²) in [6, 6.07) is 15.4. The zero-order valence-electron chi connectivity index (χ0n) is 16.8. The number of ether oxygens (including phenoxy) is 3. The summed E-state index contributed by atoms with van der Waals surface area (Å²) in [7, 11) is 0. The van der Waals surface area contributed by atoms with Crippen LogP contribution in [0.2, 0.25) is 0 Å². The highest BCUT2D eigenvalue weighted by Gasteiger charge is 2.30. The largest absolute Gasteiger partial charge is 0.491 e. The molecule has 0 bridgehead atoms. The highest BCUT2D eigenvalue weighted by atomic mass is 16.6. The summed E-state index contributed by atoms with van der Waals surface area (Å²) in [6.45, 7) is 1.94. The third kappa shape index (κ3) is 6.74. The summed E-state index contributed by atoms with van der Waals surface area (Å²) in [6.07, 6.45) is -1.93. The number of nitrogens with one attached hydrogen (secondary N) is 1. The number of anilines is 1. The van der Waals surface area contributed by atoms with Crippen LogP contribution in [0, 0.1) is 11.3 Å². The smallest absolute Gasteiger partial charge is 0.412 e. The molecule has 3 N–H and O–H groups in total. The van der Waals surface area contributed by atoms with Crippen LogP contribution in [0.15, 0.2) is 48.5 Å². The number of para-hydroxylation sites is 1. The monoisotopic (exact) mass is 414 g/mol. The lowest BCUT2D eigenvalue weighted by atomic mass is 10.0. The van der Waals surface area contributed by atoms with E-state index in [-0.39, 0.29) is 26.2 Å². The van der Waals surface area contributed by atoms with Gasteiger partial charge in [0.2, 0.25) is 0 Å². The number of carbonyl (C=O) groups is 1. The highest BCUT2D eigenvalue weighted by molar-refractivity contribution is 5.84. The van der Waals surface area contributed by atoms with Crippen LogP contribution in [0.5, 0.6) is 5.75 Å². The minimum Gasteiger partial charge on any atom is -0.491 e. The molecule has 160 valence electrons. The topological polar surface area (TPSA) is 121 Å². The van der Waals surface area contributed by atoms with E-state index < -0.39 is 18.3 Å². The predicted octanol–water partition coefficient (Wildman–Crippen LogP) is 3.01. The number of hydrogen-bond donors (Lipinski definition) is 3. The van der Waals surface area contributed by atoms with E-state index in [1.807, 2.05) is 13.0 Å². The zero-order chi connectivity index (χ0) is 21.8. The van der Waals surface area contributed by atoms with Gasteiger partial charge in [-0.2, -0.15) is 5.26 Å². The second-order valence-electron chi connectivity index (χ2n) is 6.26. The fourth-order valence-electron chi connectivity index (χ4n) is 2.90.